The van der Waals surface area contributed by atoms with E-state index >= 15 is 0 Å². The summed E-state index contributed by atoms with van der Waals surface area (Å²) < 4.78 is 5.29. The van der Waals surface area contributed by atoms with Crippen molar-refractivity contribution >= 4 is 11.9 Å². The lowest BCUT2D eigenvalue weighted by atomic mass is 9.40. The maximum atomic E-state index is 12.5. The molecule has 4 rings (SSSR count). The number of carbonyl (C=O) groups is 2. The Morgan fingerprint density at radius 1 is 1.11 bits per heavy atom. The van der Waals surface area contributed by atoms with Crippen LogP contribution in [0.3, 0.4) is 0 Å². The minimum Gasteiger partial charge on any atom is -0.481 e. The van der Waals surface area contributed by atoms with E-state index in [0.717, 1.165) is 44.9 Å². The Hall–Kier alpha value is -1.14. The predicted octanol–water partition coefficient (Wildman–Crippen LogP) is 2.75. The second-order valence-corrected chi connectivity index (χ2v) is 10.5. The Balaban J connectivity index is 1.70. The summed E-state index contributed by atoms with van der Waals surface area (Å²) >= 11 is 0. The van der Waals surface area contributed by atoms with Crippen LogP contribution in [-0.4, -0.2) is 46.1 Å². The van der Waals surface area contributed by atoms with Gasteiger partial charge >= 0.3 is 11.9 Å². The van der Waals surface area contributed by atoms with Gasteiger partial charge in [0.1, 0.15) is 12.0 Å². The fourth-order valence-electron chi connectivity index (χ4n) is 8.34. The van der Waals surface area contributed by atoms with Crippen LogP contribution in [0.4, 0.5) is 0 Å². The molecule has 4 aliphatic rings. The first-order chi connectivity index (χ1) is 13.1. The van der Waals surface area contributed by atoms with Gasteiger partial charge in [-0.2, -0.15) is 0 Å². The molecular weight excluding hydrogens is 360 g/mol. The van der Waals surface area contributed by atoms with E-state index in [-0.39, 0.29) is 35.9 Å². The van der Waals surface area contributed by atoms with Gasteiger partial charge in [0.2, 0.25) is 0 Å². The fourth-order valence-corrected chi connectivity index (χ4v) is 8.34. The summed E-state index contributed by atoms with van der Waals surface area (Å²) in [5.41, 5.74) is -2.12. The largest absolute Gasteiger partial charge is 0.481 e. The zero-order valence-electron chi connectivity index (χ0n) is 17.1. The third-order valence-corrected chi connectivity index (χ3v) is 9.38. The lowest BCUT2D eigenvalue weighted by Gasteiger charge is -2.63. The average Bonchev–Trinajstić information content (AvgIpc) is 2.85. The maximum absolute atomic E-state index is 12.5. The highest BCUT2D eigenvalue weighted by molar-refractivity contribution is 5.76. The van der Waals surface area contributed by atoms with Gasteiger partial charge in [0.15, 0.2) is 0 Å². The molecule has 3 N–H and O–H groups in total. The summed E-state index contributed by atoms with van der Waals surface area (Å²) in [6, 6.07) is 0. The molecule has 0 aromatic carbocycles. The van der Waals surface area contributed by atoms with Gasteiger partial charge < -0.3 is 20.1 Å². The Morgan fingerprint density at radius 3 is 2.50 bits per heavy atom. The van der Waals surface area contributed by atoms with E-state index in [2.05, 4.69) is 6.92 Å². The van der Waals surface area contributed by atoms with E-state index in [1.165, 1.54) is 6.92 Å². The first kappa shape index (κ1) is 20.1. The molecule has 158 valence electrons. The number of fused-ring (bicyclic) bond motifs is 3. The summed E-state index contributed by atoms with van der Waals surface area (Å²) in [4.78, 5) is 23.9. The Kier molecular flexibility index (Phi) is 4.63. The molecule has 7 atom stereocenters. The Labute approximate surface area is 166 Å². The molecule has 4 fully saturated rings. The average molecular weight is 395 g/mol. The zero-order chi connectivity index (χ0) is 20.4. The van der Waals surface area contributed by atoms with Gasteiger partial charge in [0.25, 0.3) is 0 Å². The number of hydrogen-bond donors (Lipinski definition) is 3. The second-order valence-electron chi connectivity index (χ2n) is 10.5. The first-order valence-corrected chi connectivity index (χ1v) is 10.8. The number of carbonyl (C=O) groups excluding carboxylic acids is 1. The number of esters is 1. The molecular formula is C22H34O6. The minimum absolute atomic E-state index is 0.00859. The van der Waals surface area contributed by atoms with Crippen molar-refractivity contribution in [2.75, 3.05) is 13.2 Å². The second kappa shape index (κ2) is 6.43. The molecule has 28 heavy (non-hydrogen) atoms. The normalized spacial score (nSPS) is 49.8. The summed E-state index contributed by atoms with van der Waals surface area (Å²) in [6.07, 6.45) is 7.51. The van der Waals surface area contributed by atoms with Crippen LogP contribution in [0.25, 0.3) is 0 Å². The van der Waals surface area contributed by atoms with Crippen LogP contribution in [0.5, 0.6) is 0 Å². The van der Waals surface area contributed by atoms with Gasteiger partial charge in [0, 0.05) is 6.92 Å². The highest BCUT2D eigenvalue weighted by Gasteiger charge is 2.69. The van der Waals surface area contributed by atoms with Crippen LogP contribution in [0.2, 0.25) is 0 Å². The molecule has 4 aliphatic carbocycles. The van der Waals surface area contributed by atoms with E-state index in [1.54, 1.807) is 0 Å². The van der Waals surface area contributed by atoms with E-state index < -0.39 is 23.0 Å². The Bertz CT molecular complexity index is 678. The molecule has 6 nitrogen and oxygen atoms in total. The van der Waals surface area contributed by atoms with Gasteiger partial charge in [-0.05, 0) is 80.0 Å². The molecule has 0 aromatic rings. The van der Waals surface area contributed by atoms with Gasteiger partial charge in [0.05, 0.1) is 12.2 Å². The van der Waals surface area contributed by atoms with E-state index in [0.29, 0.717) is 18.8 Å². The minimum atomic E-state index is -1.01. The molecule has 0 unspecified atom stereocenters. The fraction of sp³-hybridized carbons (Fsp3) is 0.909. The molecule has 1 spiro atoms. The summed E-state index contributed by atoms with van der Waals surface area (Å²) in [5, 5.41) is 31.1. The lowest BCUT2D eigenvalue weighted by Crippen LogP contribution is -2.60. The van der Waals surface area contributed by atoms with Gasteiger partial charge in [-0.1, -0.05) is 13.3 Å². The van der Waals surface area contributed by atoms with Crippen LogP contribution in [0, 0.1) is 34.0 Å². The summed E-state index contributed by atoms with van der Waals surface area (Å²) in [7, 11) is 0. The number of aliphatic carboxylic acids is 1. The van der Waals surface area contributed by atoms with Crippen molar-refractivity contribution in [2.45, 2.75) is 77.2 Å². The molecule has 0 aliphatic heterocycles. The van der Waals surface area contributed by atoms with E-state index in [9.17, 15) is 24.9 Å². The maximum Gasteiger partial charge on any atom is 0.313 e. The van der Waals surface area contributed by atoms with Crippen LogP contribution in [0.15, 0.2) is 0 Å². The number of carboxylic acids is 1. The lowest BCUT2D eigenvalue weighted by molar-refractivity contribution is -0.196. The zero-order valence-corrected chi connectivity index (χ0v) is 17.1. The highest BCUT2D eigenvalue weighted by atomic mass is 16.5. The number of aliphatic hydroxyl groups is 2. The van der Waals surface area contributed by atoms with Gasteiger partial charge in [-0.15, -0.1) is 0 Å². The summed E-state index contributed by atoms with van der Waals surface area (Å²) in [6.45, 7) is 3.37. The monoisotopic (exact) mass is 394 g/mol. The Morgan fingerprint density at radius 2 is 1.86 bits per heavy atom. The molecule has 0 radical (unpaired) electrons. The molecule has 0 amide bonds. The van der Waals surface area contributed by atoms with Crippen LogP contribution >= 0.6 is 0 Å². The standard InChI is InChI=1S/C22H34O6/c1-14(24)28-13-21(18(25)26)8-3-7-19(2)16-5-4-15-10-20(16,9-6-17(19)21)11-22(15,27)12-23/h15-17,23,27H,3-13H2,1-2H3,(H,25,26)/t15-,16+,17+,19+,20+,21+,22+/m0/s1. The quantitative estimate of drug-likeness (QED) is 0.634. The van der Waals surface area contributed by atoms with Crippen molar-refractivity contribution in [3.8, 4) is 0 Å². The number of carboxylic acid groups (broad SMARTS) is 1. The van der Waals surface area contributed by atoms with Crippen molar-refractivity contribution in [3.63, 3.8) is 0 Å². The van der Waals surface area contributed by atoms with Gasteiger partial charge in [-0.3, -0.25) is 9.59 Å². The van der Waals surface area contributed by atoms with Crippen molar-refractivity contribution in [1.29, 1.82) is 0 Å². The van der Waals surface area contributed by atoms with E-state index in [1.807, 2.05) is 0 Å². The van der Waals surface area contributed by atoms with Crippen molar-refractivity contribution < 1.29 is 29.6 Å². The predicted molar refractivity (Wildman–Crippen MR) is 101 cm³/mol. The highest BCUT2D eigenvalue weighted by Crippen LogP contribution is 2.72. The third-order valence-electron chi connectivity index (χ3n) is 9.38. The number of rotatable bonds is 4. The molecule has 0 aromatic heterocycles. The van der Waals surface area contributed by atoms with Crippen molar-refractivity contribution in [3.05, 3.63) is 0 Å². The van der Waals surface area contributed by atoms with Crippen LogP contribution < -0.4 is 0 Å². The topological polar surface area (TPSA) is 104 Å². The summed E-state index contributed by atoms with van der Waals surface area (Å²) in [5.74, 6) is -0.785. The van der Waals surface area contributed by atoms with E-state index in [4.69, 9.17) is 4.74 Å². The molecule has 6 heteroatoms. The molecule has 0 saturated heterocycles. The first-order valence-electron chi connectivity index (χ1n) is 10.8. The number of ether oxygens (including phenoxy) is 1. The SMILES string of the molecule is CC(=O)OC[C@]1(C(=O)O)CCC[C@]2(C)[C@H]3CC[C@H]4C[C@]3(CC[C@@H]12)C[C@@]4(O)CO. The third kappa shape index (κ3) is 2.59. The number of aliphatic hydroxyl groups excluding tert-OH is 1. The van der Waals surface area contributed by atoms with Gasteiger partial charge in [-0.25, -0.2) is 0 Å². The molecule has 2 bridgehead atoms. The van der Waals surface area contributed by atoms with Crippen molar-refractivity contribution in [2.24, 2.45) is 34.0 Å². The smallest absolute Gasteiger partial charge is 0.313 e. The van der Waals surface area contributed by atoms with Crippen molar-refractivity contribution in [1.82, 2.24) is 0 Å². The molecule has 0 heterocycles. The number of hydrogen-bond acceptors (Lipinski definition) is 5. The van der Waals surface area contributed by atoms with Crippen LogP contribution in [-0.2, 0) is 14.3 Å². The molecule has 4 saturated carbocycles. The van der Waals surface area contributed by atoms with Crippen LogP contribution in [0.1, 0.15) is 71.6 Å².